The normalized spacial score (nSPS) is 24.3. The summed E-state index contributed by atoms with van der Waals surface area (Å²) >= 11 is 0. The number of amides is 1. The van der Waals surface area contributed by atoms with Crippen LogP contribution in [0.15, 0.2) is 12.3 Å². The van der Waals surface area contributed by atoms with E-state index in [1.54, 1.807) is 6.92 Å². The molecule has 6 nitrogen and oxygen atoms in total. The van der Waals surface area contributed by atoms with Crippen molar-refractivity contribution in [3.63, 3.8) is 0 Å². The monoisotopic (exact) mass is 304 g/mol. The fourth-order valence-corrected chi connectivity index (χ4v) is 3.55. The standard InChI is InChI=1S/C16H24N4O2/c1-12-17-7-3-15(18-12)20-8-5-16(6-9-20)11-14(4-10-22-16)19-13(2)21/h3,7,14H,4-6,8-11H2,1-2H3,(H,19,21)/t14-/m0/s1. The Morgan fingerprint density at radius 3 is 2.91 bits per heavy atom. The number of aromatic nitrogens is 2. The molecule has 0 aliphatic carbocycles. The van der Waals surface area contributed by atoms with E-state index in [0.717, 1.165) is 57.0 Å². The van der Waals surface area contributed by atoms with Crippen LogP contribution in [0.25, 0.3) is 0 Å². The molecule has 0 aromatic carbocycles. The molecule has 1 aromatic rings. The molecule has 22 heavy (non-hydrogen) atoms. The first-order chi connectivity index (χ1) is 10.6. The smallest absolute Gasteiger partial charge is 0.217 e. The van der Waals surface area contributed by atoms with Gasteiger partial charge in [0.1, 0.15) is 11.6 Å². The molecule has 0 unspecified atom stereocenters. The van der Waals surface area contributed by atoms with Crippen molar-refractivity contribution >= 4 is 11.7 Å². The molecule has 3 heterocycles. The van der Waals surface area contributed by atoms with Crippen LogP contribution in [-0.2, 0) is 9.53 Å². The largest absolute Gasteiger partial charge is 0.375 e. The molecule has 120 valence electrons. The van der Waals surface area contributed by atoms with Gasteiger partial charge in [-0.15, -0.1) is 0 Å². The van der Waals surface area contributed by atoms with Gasteiger partial charge in [-0.2, -0.15) is 0 Å². The minimum Gasteiger partial charge on any atom is -0.375 e. The fourth-order valence-electron chi connectivity index (χ4n) is 3.55. The number of carbonyl (C=O) groups excluding carboxylic acids is 1. The van der Waals surface area contributed by atoms with Gasteiger partial charge in [0.15, 0.2) is 0 Å². The second kappa shape index (κ2) is 6.20. The third-order valence-corrected chi connectivity index (χ3v) is 4.66. The molecule has 1 N–H and O–H groups in total. The molecule has 0 radical (unpaired) electrons. The highest BCUT2D eigenvalue weighted by Crippen LogP contribution is 2.36. The van der Waals surface area contributed by atoms with Gasteiger partial charge in [-0.25, -0.2) is 9.97 Å². The van der Waals surface area contributed by atoms with E-state index < -0.39 is 0 Å². The zero-order chi connectivity index (χ0) is 15.6. The third kappa shape index (κ3) is 3.38. The predicted molar refractivity (Wildman–Crippen MR) is 83.7 cm³/mol. The highest BCUT2D eigenvalue weighted by atomic mass is 16.5. The summed E-state index contributed by atoms with van der Waals surface area (Å²) < 4.78 is 6.12. The quantitative estimate of drug-likeness (QED) is 0.895. The summed E-state index contributed by atoms with van der Waals surface area (Å²) in [5.41, 5.74) is -0.0794. The first-order valence-corrected chi connectivity index (χ1v) is 8.02. The summed E-state index contributed by atoms with van der Waals surface area (Å²) in [7, 11) is 0. The molecule has 2 aliphatic heterocycles. The summed E-state index contributed by atoms with van der Waals surface area (Å²) in [4.78, 5) is 22.2. The topological polar surface area (TPSA) is 67.3 Å². The second-order valence-corrected chi connectivity index (χ2v) is 6.37. The van der Waals surface area contributed by atoms with Crippen molar-refractivity contribution in [2.24, 2.45) is 0 Å². The zero-order valence-electron chi connectivity index (χ0n) is 13.3. The lowest BCUT2D eigenvalue weighted by molar-refractivity contribution is -0.125. The fraction of sp³-hybridized carbons (Fsp3) is 0.688. The highest BCUT2D eigenvalue weighted by molar-refractivity contribution is 5.73. The number of nitrogens with one attached hydrogen (secondary N) is 1. The van der Waals surface area contributed by atoms with Crippen LogP contribution in [0.5, 0.6) is 0 Å². The van der Waals surface area contributed by atoms with Gasteiger partial charge >= 0.3 is 0 Å². The van der Waals surface area contributed by atoms with Crippen molar-refractivity contribution < 1.29 is 9.53 Å². The van der Waals surface area contributed by atoms with Crippen LogP contribution < -0.4 is 10.2 Å². The van der Waals surface area contributed by atoms with Crippen molar-refractivity contribution in [2.75, 3.05) is 24.6 Å². The molecule has 0 bridgehead atoms. The van der Waals surface area contributed by atoms with Crippen molar-refractivity contribution in [1.82, 2.24) is 15.3 Å². The number of hydrogen-bond acceptors (Lipinski definition) is 5. The van der Waals surface area contributed by atoms with Crippen LogP contribution in [0.1, 0.15) is 38.4 Å². The Bertz CT molecular complexity index is 541. The summed E-state index contributed by atoms with van der Waals surface area (Å²) in [5.74, 6) is 1.85. The van der Waals surface area contributed by atoms with Crippen molar-refractivity contribution in [1.29, 1.82) is 0 Å². The van der Waals surface area contributed by atoms with Gasteiger partial charge in [-0.3, -0.25) is 4.79 Å². The van der Waals surface area contributed by atoms with Gasteiger partial charge in [0, 0.05) is 38.9 Å². The minimum absolute atomic E-state index is 0.0518. The highest BCUT2D eigenvalue weighted by Gasteiger charge is 2.40. The van der Waals surface area contributed by atoms with Crippen LogP contribution in [0.2, 0.25) is 0 Å². The van der Waals surface area contributed by atoms with E-state index in [4.69, 9.17) is 4.74 Å². The minimum atomic E-state index is -0.0794. The number of aryl methyl sites for hydroxylation is 1. The molecule has 1 spiro atoms. The van der Waals surface area contributed by atoms with Crippen LogP contribution in [0, 0.1) is 6.92 Å². The van der Waals surface area contributed by atoms with Crippen LogP contribution in [0.3, 0.4) is 0 Å². The van der Waals surface area contributed by atoms with Crippen LogP contribution in [0.4, 0.5) is 5.82 Å². The molecule has 1 amide bonds. The van der Waals surface area contributed by atoms with Gasteiger partial charge in [-0.05, 0) is 38.7 Å². The van der Waals surface area contributed by atoms with Crippen molar-refractivity contribution in [2.45, 2.75) is 51.2 Å². The van der Waals surface area contributed by atoms with Crippen molar-refractivity contribution in [3.8, 4) is 0 Å². The average molecular weight is 304 g/mol. The maximum Gasteiger partial charge on any atom is 0.217 e. The van der Waals surface area contributed by atoms with Gasteiger partial charge in [0.05, 0.1) is 5.60 Å². The summed E-state index contributed by atoms with van der Waals surface area (Å²) in [5, 5.41) is 3.05. The maximum atomic E-state index is 11.3. The van der Waals surface area contributed by atoms with Crippen LogP contribution >= 0.6 is 0 Å². The lowest BCUT2D eigenvalue weighted by Gasteiger charge is -2.46. The lowest BCUT2D eigenvalue weighted by atomic mass is 9.82. The Hall–Kier alpha value is -1.69. The Labute approximate surface area is 131 Å². The molecule has 2 saturated heterocycles. The number of hydrogen-bond donors (Lipinski definition) is 1. The summed E-state index contributed by atoms with van der Waals surface area (Å²) in [6.45, 7) is 6.10. The van der Waals surface area contributed by atoms with E-state index in [0.29, 0.717) is 0 Å². The molecule has 2 aliphatic rings. The predicted octanol–water partition coefficient (Wildman–Crippen LogP) is 1.44. The van der Waals surface area contributed by atoms with Gasteiger partial charge in [0.2, 0.25) is 5.91 Å². The third-order valence-electron chi connectivity index (χ3n) is 4.66. The van der Waals surface area contributed by atoms with E-state index >= 15 is 0 Å². The summed E-state index contributed by atoms with van der Waals surface area (Å²) in [6, 6.07) is 2.21. The number of ether oxygens (including phenoxy) is 1. The molecule has 2 fully saturated rings. The van der Waals surface area contributed by atoms with E-state index in [9.17, 15) is 4.79 Å². The molecule has 1 aromatic heterocycles. The first kappa shape index (κ1) is 15.2. The SMILES string of the molecule is CC(=O)N[C@H]1CCOC2(CCN(c3ccnc(C)n3)CC2)C1. The number of anilines is 1. The Balaban J connectivity index is 1.62. The number of piperidine rings is 1. The number of nitrogens with zero attached hydrogens (tertiary/aromatic N) is 3. The summed E-state index contributed by atoms with van der Waals surface area (Å²) in [6.07, 6.45) is 5.60. The molecular weight excluding hydrogens is 280 g/mol. The maximum absolute atomic E-state index is 11.3. The Kier molecular flexibility index (Phi) is 4.29. The van der Waals surface area contributed by atoms with E-state index in [1.165, 1.54) is 0 Å². The molecule has 0 saturated carbocycles. The number of carbonyl (C=O) groups is 1. The molecule has 6 heteroatoms. The first-order valence-electron chi connectivity index (χ1n) is 8.02. The van der Waals surface area contributed by atoms with E-state index in [-0.39, 0.29) is 17.6 Å². The molecule has 1 atom stereocenters. The van der Waals surface area contributed by atoms with Gasteiger partial charge in [0.25, 0.3) is 0 Å². The Morgan fingerprint density at radius 1 is 1.45 bits per heavy atom. The van der Waals surface area contributed by atoms with Crippen LogP contribution in [-0.4, -0.2) is 47.2 Å². The average Bonchev–Trinajstić information content (AvgIpc) is 2.47. The van der Waals surface area contributed by atoms with E-state index in [1.807, 2.05) is 19.2 Å². The second-order valence-electron chi connectivity index (χ2n) is 6.37. The van der Waals surface area contributed by atoms with Gasteiger partial charge in [-0.1, -0.05) is 0 Å². The number of rotatable bonds is 2. The lowest BCUT2D eigenvalue weighted by Crippen LogP contribution is -2.53. The van der Waals surface area contributed by atoms with Crippen molar-refractivity contribution in [3.05, 3.63) is 18.1 Å². The Morgan fingerprint density at radius 2 is 2.23 bits per heavy atom. The molecule has 3 rings (SSSR count). The van der Waals surface area contributed by atoms with E-state index in [2.05, 4.69) is 20.2 Å². The van der Waals surface area contributed by atoms with Gasteiger partial charge < -0.3 is 15.0 Å². The zero-order valence-corrected chi connectivity index (χ0v) is 13.3. The molecular formula is C16H24N4O2.